The van der Waals surface area contributed by atoms with Crippen LogP contribution in [-0.2, 0) is 9.53 Å². The van der Waals surface area contributed by atoms with Crippen molar-refractivity contribution in [3.05, 3.63) is 102 Å². The van der Waals surface area contributed by atoms with Gasteiger partial charge in [0.1, 0.15) is 0 Å². The molecule has 0 aromatic heterocycles. The molecule has 5 nitrogen and oxygen atoms in total. The van der Waals surface area contributed by atoms with E-state index >= 15 is 0 Å². The molecule has 148 valence electrons. The molecule has 0 atom stereocenters. The van der Waals surface area contributed by atoms with Gasteiger partial charge in [0.05, 0.1) is 5.56 Å². The average molecular weight is 388 g/mol. The average Bonchev–Trinajstić information content (AvgIpc) is 2.77. The SMILES string of the molecule is Nc1ccc(C(=O)OCC(=O)NCCC(c2ccccc2)c2ccccc2)cc1. The Bertz CT molecular complexity index is 886. The van der Waals surface area contributed by atoms with E-state index in [-0.39, 0.29) is 18.4 Å². The molecule has 29 heavy (non-hydrogen) atoms. The zero-order valence-electron chi connectivity index (χ0n) is 16.1. The molecule has 3 N–H and O–H groups in total. The summed E-state index contributed by atoms with van der Waals surface area (Å²) in [7, 11) is 0. The van der Waals surface area contributed by atoms with E-state index in [0.717, 1.165) is 6.42 Å². The summed E-state index contributed by atoms with van der Waals surface area (Å²) in [5.41, 5.74) is 8.91. The number of rotatable bonds is 8. The third-order valence-electron chi connectivity index (χ3n) is 4.64. The molecule has 3 aromatic carbocycles. The highest BCUT2D eigenvalue weighted by Gasteiger charge is 2.15. The lowest BCUT2D eigenvalue weighted by molar-refractivity contribution is -0.124. The third kappa shape index (κ3) is 5.94. The Balaban J connectivity index is 1.51. The van der Waals surface area contributed by atoms with Crippen LogP contribution in [0.5, 0.6) is 0 Å². The van der Waals surface area contributed by atoms with Crippen LogP contribution in [0.15, 0.2) is 84.9 Å². The monoisotopic (exact) mass is 388 g/mol. The molecule has 3 rings (SSSR count). The highest BCUT2D eigenvalue weighted by atomic mass is 16.5. The van der Waals surface area contributed by atoms with E-state index in [0.29, 0.717) is 17.8 Å². The van der Waals surface area contributed by atoms with Crippen LogP contribution in [0.4, 0.5) is 5.69 Å². The second-order valence-electron chi connectivity index (χ2n) is 6.71. The largest absolute Gasteiger partial charge is 0.452 e. The van der Waals surface area contributed by atoms with Gasteiger partial charge in [0.25, 0.3) is 5.91 Å². The van der Waals surface area contributed by atoms with Gasteiger partial charge in [-0.2, -0.15) is 0 Å². The maximum absolute atomic E-state index is 12.1. The highest BCUT2D eigenvalue weighted by Crippen LogP contribution is 2.27. The quantitative estimate of drug-likeness (QED) is 0.455. The number of ether oxygens (including phenoxy) is 1. The van der Waals surface area contributed by atoms with Crippen LogP contribution in [0.3, 0.4) is 0 Å². The van der Waals surface area contributed by atoms with Crippen molar-refractivity contribution in [2.45, 2.75) is 12.3 Å². The number of carbonyl (C=O) groups is 2. The van der Waals surface area contributed by atoms with Gasteiger partial charge in [-0.25, -0.2) is 4.79 Å². The Labute approximate surface area is 170 Å². The third-order valence-corrected chi connectivity index (χ3v) is 4.64. The number of nitrogens with two attached hydrogens (primary N) is 1. The van der Waals surface area contributed by atoms with Crippen LogP contribution in [0.1, 0.15) is 33.8 Å². The summed E-state index contributed by atoms with van der Waals surface area (Å²) in [6, 6.07) is 26.8. The Hall–Kier alpha value is -3.60. The topological polar surface area (TPSA) is 81.4 Å². The zero-order valence-corrected chi connectivity index (χ0v) is 16.1. The first-order valence-corrected chi connectivity index (χ1v) is 9.53. The summed E-state index contributed by atoms with van der Waals surface area (Å²) in [4.78, 5) is 24.0. The van der Waals surface area contributed by atoms with Crippen LogP contribution in [0, 0.1) is 0 Å². The lowest BCUT2D eigenvalue weighted by atomic mass is 9.88. The van der Waals surface area contributed by atoms with Crippen LogP contribution in [0.2, 0.25) is 0 Å². The minimum atomic E-state index is -0.549. The molecule has 0 spiro atoms. The van der Waals surface area contributed by atoms with E-state index in [2.05, 4.69) is 29.6 Å². The van der Waals surface area contributed by atoms with Crippen LogP contribution in [0.25, 0.3) is 0 Å². The highest BCUT2D eigenvalue weighted by molar-refractivity contribution is 5.91. The van der Waals surface area contributed by atoms with Crippen molar-refractivity contribution in [3.63, 3.8) is 0 Å². The molecule has 5 heteroatoms. The van der Waals surface area contributed by atoms with Gasteiger partial charge in [-0.1, -0.05) is 60.7 Å². The summed E-state index contributed by atoms with van der Waals surface area (Å²) in [6.07, 6.45) is 0.742. The minimum Gasteiger partial charge on any atom is -0.452 e. The Morgan fingerprint density at radius 3 is 1.93 bits per heavy atom. The summed E-state index contributed by atoms with van der Waals surface area (Å²) in [5.74, 6) is -0.699. The fourth-order valence-electron chi connectivity index (χ4n) is 3.14. The van der Waals surface area contributed by atoms with Crippen molar-refractivity contribution in [1.29, 1.82) is 0 Å². The molecule has 0 radical (unpaired) electrons. The number of amides is 1. The summed E-state index contributed by atoms with van der Waals surface area (Å²) >= 11 is 0. The number of carbonyl (C=O) groups excluding carboxylic acids is 2. The van der Waals surface area contributed by atoms with E-state index in [1.54, 1.807) is 24.3 Å². The molecular formula is C24H24N2O3. The van der Waals surface area contributed by atoms with Crippen LogP contribution in [-0.4, -0.2) is 25.0 Å². The van der Waals surface area contributed by atoms with Gasteiger partial charge in [0, 0.05) is 18.2 Å². The maximum Gasteiger partial charge on any atom is 0.338 e. The van der Waals surface area contributed by atoms with Crippen molar-refractivity contribution in [3.8, 4) is 0 Å². The molecule has 0 saturated heterocycles. The fourth-order valence-corrected chi connectivity index (χ4v) is 3.14. The summed E-state index contributed by atoms with van der Waals surface area (Å²) in [5, 5.41) is 2.83. The van der Waals surface area contributed by atoms with Gasteiger partial charge in [0.2, 0.25) is 0 Å². The number of hydrogen-bond acceptors (Lipinski definition) is 4. The number of esters is 1. The Kier molecular flexibility index (Phi) is 7.00. The van der Waals surface area contributed by atoms with E-state index in [1.165, 1.54) is 11.1 Å². The normalized spacial score (nSPS) is 10.5. The van der Waals surface area contributed by atoms with Gasteiger partial charge < -0.3 is 15.8 Å². The molecule has 0 saturated carbocycles. The van der Waals surface area contributed by atoms with E-state index in [4.69, 9.17) is 10.5 Å². The molecule has 0 heterocycles. The predicted molar refractivity (Wildman–Crippen MR) is 113 cm³/mol. The molecule has 0 aliphatic carbocycles. The predicted octanol–water partition coefficient (Wildman–Crippen LogP) is 3.76. The van der Waals surface area contributed by atoms with Crippen molar-refractivity contribution in [2.24, 2.45) is 0 Å². The maximum atomic E-state index is 12.1. The van der Waals surface area contributed by atoms with E-state index in [9.17, 15) is 9.59 Å². The molecule has 0 bridgehead atoms. The van der Waals surface area contributed by atoms with Gasteiger partial charge >= 0.3 is 5.97 Å². The lowest BCUT2D eigenvalue weighted by Crippen LogP contribution is -2.30. The number of nitrogens with one attached hydrogen (secondary N) is 1. The van der Waals surface area contributed by atoms with Gasteiger partial charge in [-0.15, -0.1) is 0 Å². The molecular weight excluding hydrogens is 364 g/mol. The summed E-state index contributed by atoms with van der Waals surface area (Å²) in [6.45, 7) is 0.164. The Morgan fingerprint density at radius 2 is 1.38 bits per heavy atom. The molecule has 1 amide bonds. The minimum absolute atomic E-state index is 0.176. The molecule has 0 unspecified atom stereocenters. The fraction of sp³-hybridized carbons (Fsp3) is 0.167. The van der Waals surface area contributed by atoms with E-state index < -0.39 is 5.97 Å². The molecule has 0 aliphatic heterocycles. The number of nitrogen functional groups attached to an aromatic ring is 1. The first-order valence-electron chi connectivity index (χ1n) is 9.53. The van der Waals surface area contributed by atoms with Crippen LogP contribution >= 0.6 is 0 Å². The number of anilines is 1. The number of benzene rings is 3. The van der Waals surface area contributed by atoms with Crippen LogP contribution < -0.4 is 11.1 Å². The van der Waals surface area contributed by atoms with E-state index in [1.807, 2.05) is 36.4 Å². The molecule has 0 fully saturated rings. The van der Waals surface area contributed by atoms with Gasteiger partial charge in [-0.3, -0.25) is 4.79 Å². The number of hydrogen-bond donors (Lipinski definition) is 2. The first kappa shape index (κ1) is 20.1. The van der Waals surface area contributed by atoms with Crippen molar-refractivity contribution in [2.75, 3.05) is 18.9 Å². The molecule has 0 aliphatic rings. The standard InChI is InChI=1S/C24H24N2O3/c25-21-13-11-20(12-14-21)24(28)29-17-23(27)26-16-15-22(18-7-3-1-4-8-18)19-9-5-2-6-10-19/h1-14,22H,15-17,25H2,(H,26,27). The first-order chi connectivity index (χ1) is 14.1. The van der Waals surface area contributed by atoms with Crippen molar-refractivity contribution >= 4 is 17.6 Å². The second kappa shape index (κ2) is 10.1. The molecule has 3 aromatic rings. The van der Waals surface area contributed by atoms with Gasteiger partial charge in [0.15, 0.2) is 6.61 Å². The summed E-state index contributed by atoms with van der Waals surface area (Å²) < 4.78 is 5.06. The van der Waals surface area contributed by atoms with Crippen molar-refractivity contribution < 1.29 is 14.3 Å². The smallest absolute Gasteiger partial charge is 0.338 e. The Morgan fingerprint density at radius 1 is 0.828 bits per heavy atom. The zero-order chi connectivity index (χ0) is 20.5. The lowest BCUT2D eigenvalue weighted by Gasteiger charge is -2.18. The van der Waals surface area contributed by atoms with Gasteiger partial charge in [-0.05, 0) is 41.8 Å². The van der Waals surface area contributed by atoms with Crippen molar-refractivity contribution in [1.82, 2.24) is 5.32 Å². The second-order valence-corrected chi connectivity index (χ2v) is 6.71.